The Morgan fingerprint density at radius 2 is 2.14 bits per heavy atom. The lowest BCUT2D eigenvalue weighted by Crippen LogP contribution is -2.38. The van der Waals surface area contributed by atoms with Crippen molar-refractivity contribution in [3.05, 3.63) is 27.3 Å². The number of benzene rings is 1. The number of methoxy groups -OCH3 is 1. The lowest BCUT2D eigenvalue weighted by molar-refractivity contribution is 0.0695. The molecule has 1 aromatic carbocycles. The molecular weight excluding hydrogens is 409 g/mol. The van der Waals surface area contributed by atoms with E-state index in [1.807, 2.05) is 29.5 Å². The van der Waals surface area contributed by atoms with Crippen molar-refractivity contribution in [1.82, 2.24) is 4.72 Å². The van der Waals surface area contributed by atoms with Gasteiger partial charge in [0.15, 0.2) is 0 Å². The molecule has 8 heteroatoms. The van der Waals surface area contributed by atoms with Gasteiger partial charge in [-0.3, -0.25) is 0 Å². The van der Waals surface area contributed by atoms with Gasteiger partial charge in [0.25, 0.3) is 0 Å². The maximum Gasteiger partial charge on any atom is 0.336 e. The maximum absolute atomic E-state index is 12.3. The summed E-state index contributed by atoms with van der Waals surface area (Å²) in [7, 11) is -2.27. The number of nitrogens with one attached hydrogen (secondary N) is 1. The van der Waals surface area contributed by atoms with E-state index in [2.05, 4.69) is 4.72 Å². The number of ether oxygens (including phenoxy) is 1. The molecule has 2 N–H and O–H groups in total. The number of halogens is 1. The summed E-state index contributed by atoms with van der Waals surface area (Å²) in [5, 5.41) is 9.07. The predicted molar refractivity (Wildman–Crippen MR) is 87.0 cm³/mol. The fourth-order valence-corrected chi connectivity index (χ4v) is 3.70. The normalized spacial score (nSPS) is 13.1. The first-order valence-electron chi connectivity index (χ1n) is 6.36. The van der Waals surface area contributed by atoms with Crippen molar-refractivity contribution in [3.8, 4) is 0 Å². The van der Waals surface area contributed by atoms with Crippen LogP contribution in [0.4, 0.5) is 0 Å². The minimum Gasteiger partial charge on any atom is -0.478 e. The van der Waals surface area contributed by atoms with Crippen LogP contribution < -0.4 is 4.72 Å². The summed E-state index contributed by atoms with van der Waals surface area (Å²) in [6, 6.07) is 3.70. The van der Waals surface area contributed by atoms with Gasteiger partial charge >= 0.3 is 5.97 Å². The molecule has 0 aliphatic heterocycles. The number of carbonyl (C=O) groups is 1. The molecule has 0 bridgehead atoms. The fraction of sp³-hybridized carbons (Fsp3) is 0.462. The highest BCUT2D eigenvalue weighted by Crippen LogP contribution is 2.18. The van der Waals surface area contributed by atoms with Crippen molar-refractivity contribution >= 4 is 38.6 Å². The van der Waals surface area contributed by atoms with Gasteiger partial charge in [-0.05, 0) is 47.2 Å². The predicted octanol–water partition coefficient (Wildman–Crippen LogP) is 2.08. The lowest BCUT2D eigenvalue weighted by atomic mass is 10.2. The summed E-state index contributed by atoms with van der Waals surface area (Å²) in [6.07, 6.45) is 1.45. The molecule has 0 heterocycles. The molecule has 0 saturated carbocycles. The zero-order valence-electron chi connectivity index (χ0n) is 11.8. The van der Waals surface area contributed by atoms with Crippen LogP contribution in [0.25, 0.3) is 0 Å². The highest BCUT2D eigenvalue weighted by molar-refractivity contribution is 14.1. The minimum atomic E-state index is -3.77. The van der Waals surface area contributed by atoms with Gasteiger partial charge in [0.1, 0.15) is 0 Å². The van der Waals surface area contributed by atoms with Gasteiger partial charge in [0.05, 0.1) is 17.1 Å². The quantitative estimate of drug-likeness (QED) is 0.620. The Bertz CT molecular complexity index is 597. The average Bonchev–Trinajstić information content (AvgIpc) is 2.38. The van der Waals surface area contributed by atoms with Gasteiger partial charge in [-0.1, -0.05) is 13.3 Å². The smallest absolute Gasteiger partial charge is 0.336 e. The summed E-state index contributed by atoms with van der Waals surface area (Å²) < 4.78 is 32.7. The number of rotatable bonds is 8. The van der Waals surface area contributed by atoms with Crippen LogP contribution >= 0.6 is 22.6 Å². The van der Waals surface area contributed by atoms with Crippen molar-refractivity contribution in [2.75, 3.05) is 13.7 Å². The van der Waals surface area contributed by atoms with Crippen LogP contribution in [0, 0.1) is 3.57 Å². The summed E-state index contributed by atoms with van der Waals surface area (Å²) in [4.78, 5) is 11.0. The van der Waals surface area contributed by atoms with E-state index in [4.69, 9.17) is 9.84 Å². The second kappa shape index (κ2) is 8.06. The van der Waals surface area contributed by atoms with Gasteiger partial charge < -0.3 is 9.84 Å². The molecule has 0 aliphatic carbocycles. The SMILES string of the molecule is CCCC(COC)NS(=O)(=O)c1ccc(I)c(C(=O)O)c1. The van der Waals surface area contributed by atoms with Crippen molar-refractivity contribution in [2.45, 2.75) is 30.7 Å². The largest absolute Gasteiger partial charge is 0.478 e. The molecular formula is C13H18INO5S. The van der Waals surface area contributed by atoms with Crippen molar-refractivity contribution in [2.24, 2.45) is 0 Å². The molecule has 118 valence electrons. The van der Waals surface area contributed by atoms with Crippen LogP contribution in [-0.4, -0.2) is 39.3 Å². The minimum absolute atomic E-state index is 0.0303. The second-order valence-corrected chi connectivity index (χ2v) is 7.39. The number of carboxylic acid groups (broad SMARTS) is 1. The Kier molecular flexibility index (Phi) is 7.04. The molecule has 0 aliphatic rings. The second-order valence-electron chi connectivity index (χ2n) is 4.51. The van der Waals surface area contributed by atoms with Crippen molar-refractivity contribution in [1.29, 1.82) is 0 Å². The van der Waals surface area contributed by atoms with E-state index in [-0.39, 0.29) is 23.1 Å². The van der Waals surface area contributed by atoms with Gasteiger partial charge in [-0.25, -0.2) is 17.9 Å². The van der Waals surface area contributed by atoms with E-state index < -0.39 is 16.0 Å². The zero-order chi connectivity index (χ0) is 16.0. The molecule has 0 saturated heterocycles. The monoisotopic (exact) mass is 427 g/mol. The Morgan fingerprint density at radius 1 is 1.48 bits per heavy atom. The zero-order valence-corrected chi connectivity index (χ0v) is 14.8. The van der Waals surface area contributed by atoms with E-state index in [1.54, 1.807) is 0 Å². The summed E-state index contributed by atoms with van der Waals surface area (Å²) >= 11 is 1.86. The third-order valence-corrected chi connectivity index (χ3v) is 5.26. The molecule has 1 unspecified atom stereocenters. The maximum atomic E-state index is 12.3. The molecule has 1 aromatic rings. The van der Waals surface area contributed by atoms with Crippen LogP contribution in [0.15, 0.2) is 23.1 Å². The van der Waals surface area contributed by atoms with E-state index >= 15 is 0 Å². The molecule has 1 rings (SSSR count). The first-order chi connectivity index (χ1) is 9.81. The lowest BCUT2D eigenvalue weighted by Gasteiger charge is -2.17. The van der Waals surface area contributed by atoms with Gasteiger partial charge in [-0.15, -0.1) is 0 Å². The molecule has 0 amide bonds. The number of hydrogen-bond acceptors (Lipinski definition) is 4. The van der Waals surface area contributed by atoms with E-state index in [0.717, 1.165) is 6.42 Å². The summed E-state index contributed by atoms with van der Waals surface area (Å²) in [5.41, 5.74) is -0.0303. The number of carboxylic acids is 1. The average molecular weight is 427 g/mol. The van der Waals surface area contributed by atoms with Gasteiger partial charge in [-0.2, -0.15) is 0 Å². The Hall–Kier alpha value is -0.710. The number of hydrogen-bond donors (Lipinski definition) is 2. The molecule has 6 nitrogen and oxygen atoms in total. The number of aromatic carboxylic acids is 1. The highest BCUT2D eigenvalue weighted by atomic mass is 127. The first kappa shape index (κ1) is 18.3. The molecule has 0 spiro atoms. The molecule has 21 heavy (non-hydrogen) atoms. The first-order valence-corrected chi connectivity index (χ1v) is 8.92. The van der Waals surface area contributed by atoms with Crippen LogP contribution in [0.1, 0.15) is 30.1 Å². The van der Waals surface area contributed by atoms with Crippen LogP contribution in [0.2, 0.25) is 0 Å². The van der Waals surface area contributed by atoms with Crippen LogP contribution in [0.5, 0.6) is 0 Å². The third-order valence-electron chi connectivity index (χ3n) is 2.81. The van der Waals surface area contributed by atoms with E-state index in [1.165, 1.54) is 25.3 Å². The van der Waals surface area contributed by atoms with Crippen LogP contribution in [-0.2, 0) is 14.8 Å². The van der Waals surface area contributed by atoms with Gasteiger partial charge in [0.2, 0.25) is 10.0 Å². The Morgan fingerprint density at radius 3 is 2.67 bits per heavy atom. The summed E-state index contributed by atoms with van der Waals surface area (Å²) in [6.45, 7) is 2.22. The molecule has 0 radical (unpaired) electrons. The fourth-order valence-electron chi connectivity index (χ4n) is 1.85. The standard InChI is InChI=1S/C13H18INO5S/c1-3-4-9(8-20-2)15-21(18,19)10-5-6-12(14)11(7-10)13(16)17/h5-7,9,15H,3-4,8H2,1-2H3,(H,16,17). The molecule has 1 atom stereocenters. The van der Waals surface area contributed by atoms with E-state index in [0.29, 0.717) is 9.99 Å². The number of sulfonamides is 1. The van der Waals surface area contributed by atoms with Gasteiger partial charge in [0, 0.05) is 16.7 Å². The van der Waals surface area contributed by atoms with E-state index in [9.17, 15) is 13.2 Å². The Balaban J connectivity index is 3.07. The third kappa shape index (κ3) is 5.20. The highest BCUT2D eigenvalue weighted by Gasteiger charge is 2.21. The Labute approximate surface area is 138 Å². The van der Waals surface area contributed by atoms with Crippen molar-refractivity contribution in [3.63, 3.8) is 0 Å². The molecule has 0 fully saturated rings. The molecule has 0 aromatic heterocycles. The van der Waals surface area contributed by atoms with Crippen molar-refractivity contribution < 1.29 is 23.1 Å². The topological polar surface area (TPSA) is 92.7 Å². The summed E-state index contributed by atoms with van der Waals surface area (Å²) in [5.74, 6) is -1.15. The van der Waals surface area contributed by atoms with Crippen LogP contribution in [0.3, 0.4) is 0 Å².